The van der Waals surface area contributed by atoms with Gasteiger partial charge in [-0.3, -0.25) is 19.2 Å². The van der Waals surface area contributed by atoms with Crippen LogP contribution in [0.1, 0.15) is 92.3 Å². The number of anilines is 1. The van der Waals surface area contributed by atoms with Crippen LogP contribution in [0.4, 0.5) is 10.1 Å². The smallest absolute Gasteiger partial charge is 0.343 e. The lowest BCUT2D eigenvalue weighted by Crippen LogP contribution is -2.50. The number of aliphatic imine (C=N–C) groups is 1. The summed E-state index contributed by atoms with van der Waals surface area (Å²) in [6.07, 6.45) is 1.84. The number of halogens is 1. The number of nitrogens with two attached hydrogens (primary N) is 1. The molecule has 1 aliphatic carbocycles. The lowest BCUT2D eigenvalue weighted by atomic mass is 9.78. The van der Waals surface area contributed by atoms with Crippen molar-refractivity contribution in [2.24, 2.45) is 16.6 Å². The van der Waals surface area contributed by atoms with Gasteiger partial charge in [-0.25, -0.2) is 19.2 Å². The molecule has 4 heterocycles. The summed E-state index contributed by atoms with van der Waals surface area (Å²) in [4.78, 5) is 73.6. The lowest BCUT2D eigenvalue weighted by molar-refractivity contribution is -0.172. The van der Waals surface area contributed by atoms with Gasteiger partial charge in [0.25, 0.3) is 11.5 Å². The van der Waals surface area contributed by atoms with Crippen LogP contribution in [0, 0.1) is 18.7 Å². The van der Waals surface area contributed by atoms with Crippen LogP contribution in [0.25, 0.3) is 22.3 Å². The summed E-state index contributed by atoms with van der Waals surface area (Å²) in [7, 11) is 0. The highest BCUT2D eigenvalue weighted by Gasteiger charge is 2.46. The Bertz CT molecular complexity index is 2500. The topological polar surface area (TPSA) is 214 Å². The predicted molar refractivity (Wildman–Crippen MR) is 219 cm³/mol. The van der Waals surface area contributed by atoms with Crippen LogP contribution >= 0.6 is 0 Å². The molecule has 0 fully saturated rings. The molecular weight excluding hydrogens is 776 g/mol. The second-order valence-electron chi connectivity index (χ2n) is 16.0. The van der Waals surface area contributed by atoms with Crippen molar-refractivity contribution in [1.29, 1.82) is 0 Å². The normalized spacial score (nSPS) is 19.4. The molecule has 0 saturated heterocycles. The average molecular weight is 825 g/mol. The van der Waals surface area contributed by atoms with E-state index in [9.17, 15) is 29.1 Å². The Morgan fingerprint density at radius 3 is 2.53 bits per heavy atom. The van der Waals surface area contributed by atoms with Crippen molar-refractivity contribution in [3.8, 4) is 11.4 Å². The molecule has 0 bridgehead atoms. The number of carbonyl (C=O) groups excluding carboxylic acids is 4. The SMILES string of the molecule is CC[C@@]1(O)C(=O)OCc2c1cc1n(c2=O)Cc2c-1nc1cc(F)c(C)c3c1c2C(C=NC(=O)COC(C)OCc1ccc(NC(=O)[C@H](C)NC(=O)[C@@H](N)C(C)C)cc1)CC3. The number of aryl methyl sites for hydroxylation is 1. The quantitative estimate of drug-likeness (QED) is 0.0752. The maximum Gasteiger partial charge on any atom is 0.343 e. The number of esters is 1. The number of aliphatic hydroxyl groups is 1. The molecule has 15 nitrogen and oxygen atoms in total. The number of nitrogens with zero attached hydrogens (tertiary/aromatic N) is 3. The number of fused-ring (bicyclic) bond motifs is 5. The highest BCUT2D eigenvalue weighted by molar-refractivity contribution is 5.98. The van der Waals surface area contributed by atoms with Gasteiger partial charge in [-0.05, 0) is 86.4 Å². The van der Waals surface area contributed by atoms with Gasteiger partial charge < -0.3 is 40.3 Å². The minimum absolute atomic E-state index is 0.00414. The molecule has 60 heavy (non-hydrogen) atoms. The van der Waals surface area contributed by atoms with E-state index in [4.69, 9.17) is 24.9 Å². The summed E-state index contributed by atoms with van der Waals surface area (Å²) in [5, 5.41) is 17.5. The van der Waals surface area contributed by atoms with E-state index in [0.717, 1.165) is 27.6 Å². The van der Waals surface area contributed by atoms with Crippen molar-refractivity contribution in [1.82, 2.24) is 14.9 Å². The Balaban J connectivity index is 1.01. The van der Waals surface area contributed by atoms with Crippen LogP contribution in [0.3, 0.4) is 0 Å². The molecule has 0 radical (unpaired) electrons. The van der Waals surface area contributed by atoms with Gasteiger partial charge in [0, 0.05) is 40.4 Å². The Morgan fingerprint density at radius 2 is 1.83 bits per heavy atom. The fourth-order valence-corrected chi connectivity index (χ4v) is 8.01. The third kappa shape index (κ3) is 7.87. The number of benzene rings is 2. The van der Waals surface area contributed by atoms with Gasteiger partial charge >= 0.3 is 5.97 Å². The molecule has 2 aliphatic heterocycles. The molecule has 4 aromatic rings. The summed E-state index contributed by atoms with van der Waals surface area (Å²) >= 11 is 0. The number of hydrogen-bond acceptors (Lipinski definition) is 11. The van der Waals surface area contributed by atoms with Crippen molar-refractivity contribution in [3.63, 3.8) is 0 Å². The van der Waals surface area contributed by atoms with Crippen LogP contribution in [-0.4, -0.2) is 69.5 Å². The Kier molecular flexibility index (Phi) is 11.9. The van der Waals surface area contributed by atoms with Crippen LogP contribution in [-0.2, 0) is 65.2 Å². The summed E-state index contributed by atoms with van der Waals surface area (Å²) in [5.41, 5.74) is 9.23. The van der Waals surface area contributed by atoms with Crippen LogP contribution < -0.4 is 21.9 Å². The van der Waals surface area contributed by atoms with E-state index >= 15 is 4.39 Å². The van der Waals surface area contributed by atoms with Crippen LogP contribution in [0.15, 0.2) is 46.2 Å². The number of amides is 3. The number of hydrogen-bond donors (Lipinski definition) is 4. The van der Waals surface area contributed by atoms with Crippen molar-refractivity contribution in [2.45, 2.75) is 110 Å². The predicted octanol–water partition coefficient (Wildman–Crippen LogP) is 4.16. The van der Waals surface area contributed by atoms with Gasteiger partial charge in [-0.1, -0.05) is 32.9 Å². The second kappa shape index (κ2) is 16.8. The molecule has 5 N–H and O–H groups in total. The van der Waals surface area contributed by atoms with E-state index < -0.39 is 59.0 Å². The van der Waals surface area contributed by atoms with E-state index in [1.165, 1.54) is 10.6 Å². The van der Waals surface area contributed by atoms with E-state index in [1.54, 1.807) is 64.2 Å². The number of carbonyl (C=O) groups is 4. The fourth-order valence-electron chi connectivity index (χ4n) is 8.01. The standard InChI is InChI=1S/C44H49FN6O9/c1-7-44(57)31-14-34-39-29(17-51(34)42(55)30(31)19-60-43(44)56)36-26(10-13-28-22(4)32(45)15-33(50-39)37(28)36)16-47-35(52)20-59-24(6)58-18-25-8-11-27(12-9-25)49-40(53)23(5)48-41(54)38(46)21(2)3/h8-9,11-12,14-16,21,23-24,26,38,57H,7,10,13,17-20,46H2,1-6H3,(H,48,54)(H,49,53)/t23-,24?,26?,38-,44-/m0/s1. The zero-order valence-electron chi connectivity index (χ0n) is 34.4. The molecular formula is C44H49FN6O9. The molecule has 2 aromatic carbocycles. The van der Waals surface area contributed by atoms with Gasteiger partial charge in [0.1, 0.15) is 25.1 Å². The first kappa shape index (κ1) is 42.4. The molecule has 5 atom stereocenters. The summed E-state index contributed by atoms with van der Waals surface area (Å²) in [6.45, 7) is 9.92. The number of ether oxygens (including phenoxy) is 3. The third-order valence-corrected chi connectivity index (χ3v) is 11.7. The van der Waals surface area contributed by atoms with Crippen LogP contribution in [0.2, 0.25) is 0 Å². The molecule has 2 unspecified atom stereocenters. The zero-order valence-corrected chi connectivity index (χ0v) is 34.4. The Labute approximate surface area is 345 Å². The van der Waals surface area contributed by atoms with Crippen molar-refractivity contribution < 1.29 is 42.9 Å². The van der Waals surface area contributed by atoms with E-state index in [2.05, 4.69) is 15.6 Å². The number of pyridine rings is 2. The molecule has 7 rings (SSSR count). The van der Waals surface area contributed by atoms with Gasteiger partial charge in [-0.15, -0.1) is 0 Å². The first-order valence-electron chi connectivity index (χ1n) is 20.1. The summed E-state index contributed by atoms with van der Waals surface area (Å²) in [5.74, 6) is -3.01. The molecule has 0 saturated carbocycles. The summed E-state index contributed by atoms with van der Waals surface area (Å²) < 4.78 is 33.5. The van der Waals surface area contributed by atoms with E-state index in [0.29, 0.717) is 41.0 Å². The average Bonchev–Trinajstić information content (AvgIpc) is 3.60. The first-order valence-corrected chi connectivity index (χ1v) is 20.1. The molecule has 3 amide bonds. The number of rotatable bonds is 13. The Morgan fingerprint density at radius 1 is 1.10 bits per heavy atom. The maximum atomic E-state index is 15.3. The number of cyclic esters (lactones) is 1. The zero-order chi connectivity index (χ0) is 43.2. The fraction of sp³-hybridized carbons (Fsp3) is 0.432. The van der Waals surface area contributed by atoms with Gasteiger partial charge in [0.15, 0.2) is 11.9 Å². The second-order valence-corrected chi connectivity index (χ2v) is 16.0. The van der Waals surface area contributed by atoms with E-state index in [1.807, 2.05) is 13.8 Å². The minimum atomic E-state index is -2.00. The number of nitrogens with one attached hydrogen (secondary N) is 2. The summed E-state index contributed by atoms with van der Waals surface area (Å²) in [6, 6.07) is 8.43. The molecule has 16 heteroatoms. The molecule has 2 aromatic heterocycles. The minimum Gasteiger partial charge on any atom is -0.458 e. The van der Waals surface area contributed by atoms with Gasteiger partial charge in [0.2, 0.25) is 11.8 Å². The first-order chi connectivity index (χ1) is 28.5. The molecule has 3 aliphatic rings. The van der Waals surface area contributed by atoms with Crippen molar-refractivity contribution >= 4 is 46.5 Å². The highest BCUT2D eigenvalue weighted by Crippen LogP contribution is 2.46. The maximum absolute atomic E-state index is 15.3. The number of aromatic nitrogens is 2. The Hall–Kier alpha value is -5.68. The molecule has 0 spiro atoms. The largest absolute Gasteiger partial charge is 0.458 e. The van der Waals surface area contributed by atoms with Gasteiger partial charge in [-0.2, -0.15) is 0 Å². The van der Waals surface area contributed by atoms with Crippen molar-refractivity contribution in [3.05, 3.63) is 91.5 Å². The third-order valence-electron chi connectivity index (χ3n) is 11.7. The van der Waals surface area contributed by atoms with Crippen LogP contribution in [0.5, 0.6) is 0 Å². The van der Waals surface area contributed by atoms with E-state index in [-0.39, 0.29) is 55.7 Å². The van der Waals surface area contributed by atoms with Crippen molar-refractivity contribution in [2.75, 3.05) is 11.9 Å². The molecule has 316 valence electrons. The van der Waals surface area contributed by atoms with Gasteiger partial charge in [0.05, 0.1) is 41.7 Å². The highest BCUT2D eigenvalue weighted by atomic mass is 19.1. The lowest BCUT2D eigenvalue weighted by Gasteiger charge is -2.31. The monoisotopic (exact) mass is 824 g/mol.